The van der Waals surface area contributed by atoms with Crippen LogP contribution in [0.2, 0.25) is 0 Å². The van der Waals surface area contributed by atoms with Gasteiger partial charge in [-0.15, -0.1) is 0 Å². The lowest BCUT2D eigenvalue weighted by atomic mass is 10.2. The van der Waals surface area contributed by atoms with Crippen LogP contribution in [0.25, 0.3) is 0 Å². The number of hydrogen-bond acceptors (Lipinski definition) is 4. The maximum atomic E-state index is 12.9. The minimum Gasteiger partial charge on any atom is -0.373 e. The van der Waals surface area contributed by atoms with Crippen molar-refractivity contribution in [1.29, 1.82) is 0 Å². The molecule has 4 heterocycles. The first-order chi connectivity index (χ1) is 12.7. The second-order valence-corrected chi connectivity index (χ2v) is 6.42. The molecule has 0 aliphatic carbocycles. The molecule has 7 heteroatoms. The number of fused-ring (bicyclic) bond motifs is 1. The van der Waals surface area contributed by atoms with E-state index in [1.807, 2.05) is 29.2 Å². The molecule has 0 unspecified atom stereocenters. The molecule has 0 spiro atoms. The van der Waals surface area contributed by atoms with Crippen LogP contribution in [0.1, 0.15) is 27.9 Å². The summed E-state index contributed by atoms with van der Waals surface area (Å²) in [6.07, 6.45) is 5.46. The van der Waals surface area contributed by atoms with E-state index >= 15 is 0 Å². The molecule has 3 aromatic heterocycles. The van der Waals surface area contributed by atoms with Crippen LogP contribution in [0.15, 0.2) is 55.0 Å². The van der Waals surface area contributed by atoms with Crippen molar-refractivity contribution in [3.05, 3.63) is 72.1 Å². The van der Waals surface area contributed by atoms with Crippen LogP contribution in [0.4, 0.5) is 0 Å². The van der Waals surface area contributed by atoms with Crippen molar-refractivity contribution >= 4 is 5.91 Å². The number of amides is 1. The molecule has 134 valence electrons. The number of pyridine rings is 1. The molecular weight excluding hydrogens is 330 g/mol. The lowest BCUT2D eigenvalue weighted by Gasteiger charge is -2.35. The van der Waals surface area contributed by atoms with E-state index in [-0.39, 0.29) is 11.9 Å². The average molecular weight is 351 g/mol. The number of ether oxygens (including phenoxy) is 1. The zero-order chi connectivity index (χ0) is 17.9. The summed E-state index contributed by atoms with van der Waals surface area (Å²) in [4.78, 5) is 19.0. The minimum absolute atomic E-state index is 0.00724. The second-order valence-electron chi connectivity index (χ2n) is 6.42. The Hall–Kier alpha value is -2.93. The summed E-state index contributed by atoms with van der Waals surface area (Å²) in [5.41, 5.74) is 2.61. The van der Waals surface area contributed by atoms with Crippen LogP contribution in [-0.2, 0) is 24.9 Å². The van der Waals surface area contributed by atoms with Crippen molar-refractivity contribution < 1.29 is 9.53 Å². The molecule has 1 aliphatic heterocycles. The van der Waals surface area contributed by atoms with Gasteiger partial charge in [0.2, 0.25) is 0 Å². The Bertz CT molecular complexity index is 886. The molecule has 1 aliphatic rings. The lowest BCUT2D eigenvalue weighted by Crippen LogP contribution is -2.42. The third-order valence-corrected chi connectivity index (χ3v) is 4.66. The van der Waals surface area contributed by atoms with Gasteiger partial charge < -0.3 is 14.2 Å². The molecule has 3 aromatic rings. The van der Waals surface area contributed by atoms with Crippen molar-refractivity contribution in [1.82, 2.24) is 24.2 Å². The van der Waals surface area contributed by atoms with Crippen LogP contribution in [0, 0.1) is 0 Å². The van der Waals surface area contributed by atoms with E-state index in [1.54, 1.807) is 30.2 Å². The molecule has 1 atom stereocenters. The summed E-state index contributed by atoms with van der Waals surface area (Å²) in [5.74, 6) is -0.00724. The van der Waals surface area contributed by atoms with Gasteiger partial charge in [0, 0.05) is 37.9 Å². The second kappa shape index (κ2) is 7.13. The van der Waals surface area contributed by atoms with Gasteiger partial charge in [-0.2, -0.15) is 5.10 Å². The highest BCUT2D eigenvalue weighted by Crippen LogP contribution is 2.24. The summed E-state index contributed by atoms with van der Waals surface area (Å²) < 4.78 is 9.70. The molecule has 0 aromatic carbocycles. The highest BCUT2D eigenvalue weighted by molar-refractivity contribution is 5.92. The smallest absolute Gasteiger partial charge is 0.272 e. The summed E-state index contributed by atoms with van der Waals surface area (Å²) in [7, 11) is 1.79. The molecule has 4 rings (SSSR count). The molecule has 0 radical (unpaired) electrons. The van der Waals surface area contributed by atoms with Crippen molar-refractivity contribution in [2.24, 2.45) is 7.05 Å². The Morgan fingerprint density at radius 2 is 2.15 bits per heavy atom. The van der Waals surface area contributed by atoms with Crippen molar-refractivity contribution in [2.45, 2.75) is 19.2 Å². The Morgan fingerprint density at radius 1 is 1.23 bits per heavy atom. The number of rotatable bonds is 5. The Kier molecular flexibility index (Phi) is 4.53. The molecule has 0 N–H and O–H groups in total. The lowest BCUT2D eigenvalue weighted by molar-refractivity contribution is 0.0467. The van der Waals surface area contributed by atoms with E-state index in [4.69, 9.17) is 4.74 Å². The zero-order valence-corrected chi connectivity index (χ0v) is 14.7. The van der Waals surface area contributed by atoms with Gasteiger partial charge in [-0.3, -0.25) is 14.5 Å². The highest BCUT2D eigenvalue weighted by Gasteiger charge is 2.29. The predicted molar refractivity (Wildman–Crippen MR) is 95.3 cm³/mol. The van der Waals surface area contributed by atoms with Crippen LogP contribution in [-0.4, -0.2) is 43.3 Å². The van der Waals surface area contributed by atoms with Gasteiger partial charge in [-0.05, 0) is 30.3 Å². The van der Waals surface area contributed by atoms with E-state index in [1.165, 1.54) is 0 Å². The molecule has 26 heavy (non-hydrogen) atoms. The fourth-order valence-electron chi connectivity index (χ4n) is 3.34. The van der Waals surface area contributed by atoms with Gasteiger partial charge in [-0.1, -0.05) is 6.07 Å². The molecule has 1 amide bonds. The maximum Gasteiger partial charge on any atom is 0.272 e. The van der Waals surface area contributed by atoms with Crippen LogP contribution >= 0.6 is 0 Å². The van der Waals surface area contributed by atoms with Gasteiger partial charge in [0.05, 0.1) is 31.5 Å². The number of hydrogen-bond donors (Lipinski definition) is 0. The Morgan fingerprint density at radius 3 is 2.92 bits per heavy atom. The fraction of sp³-hybridized carbons (Fsp3) is 0.316. The third-order valence-electron chi connectivity index (χ3n) is 4.66. The normalized spacial score (nSPS) is 16.5. The monoisotopic (exact) mass is 351 g/mol. The number of carbonyl (C=O) groups excluding carboxylic acids is 1. The Labute approximate surface area is 151 Å². The van der Waals surface area contributed by atoms with Gasteiger partial charge >= 0.3 is 0 Å². The van der Waals surface area contributed by atoms with Gasteiger partial charge in [0.1, 0.15) is 5.69 Å². The van der Waals surface area contributed by atoms with E-state index in [9.17, 15) is 4.79 Å². The first kappa shape index (κ1) is 16.5. The van der Waals surface area contributed by atoms with E-state index in [2.05, 4.69) is 26.9 Å². The van der Waals surface area contributed by atoms with Crippen LogP contribution in [0.3, 0.4) is 0 Å². The largest absolute Gasteiger partial charge is 0.373 e. The average Bonchev–Trinajstić information content (AvgIpc) is 3.30. The number of aryl methyl sites for hydroxylation is 1. The van der Waals surface area contributed by atoms with Gasteiger partial charge in [0.15, 0.2) is 0 Å². The number of carbonyl (C=O) groups is 1. The van der Waals surface area contributed by atoms with Crippen LogP contribution in [0.5, 0.6) is 0 Å². The first-order valence-electron chi connectivity index (χ1n) is 8.63. The van der Waals surface area contributed by atoms with Crippen molar-refractivity contribution in [2.75, 3.05) is 13.2 Å². The standard InChI is InChI=1S/C19H21N5O2/c1-22-18(7-9-21-22)19(25)23-11-16-6-4-10-24(16)17(12-23)14-26-13-15-5-2-3-8-20-15/h2-10,17H,11-14H2,1H3/t17-/m0/s1. The first-order valence-corrected chi connectivity index (χ1v) is 8.63. The van der Waals surface area contributed by atoms with Crippen molar-refractivity contribution in [3.63, 3.8) is 0 Å². The highest BCUT2D eigenvalue weighted by atomic mass is 16.5. The zero-order valence-electron chi connectivity index (χ0n) is 14.7. The van der Waals surface area contributed by atoms with Gasteiger partial charge in [-0.25, -0.2) is 0 Å². The maximum absolute atomic E-state index is 12.9. The third kappa shape index (κ3) is 3.25. The molecule has 0 saturated carbocycles. The van der Waals surface area contributed by atoms with E-state index < -0.39 is 0 Å². The summed E-state index contributed by atoms with van der Waals surface area (Å²) in [6, 6.07) is 11.7. The quantitative estimate of drug-likeness (QED) is 0.705. The molecule has 0 bridgehead atoms. The molecule has 0 saturated heterocycles. The minimum atomic E-state index is -0.00724. The topological polar surface area (TPSA) is 65.2 Å². The predicted octanol–water partition coefficient (Wildman–Crippen LogP) is 2.03. The fourth-order valence-corrected chi connectivity index (χ4v) is 3.34. The van der Waals surface area contributed by atoms with Crippen molar-refractivity contribution in [3.8, 4) is 0 Å². The molecule has 0 fully saturated rings. The summed E-state index contributed by atoms with van der Waals surface area (Å²) >= 11 is 0. The summed E-state index contributed by atoms with van der Waals surface area (Å²) in [5, 5.41) is 4.10. The molecular formula is C19H21N5O2. The number of aromatic nitrogens is 4. The number of nitrogens with zero attached hydrogens (tertiary/aromatic N) is 5. The molecule has 7 nitrogen and oxygen atoms in total. The van der Waals surface area contributed by atoms with E-state index in [0.29, 0.717) is 32.0 Å². The SMILES string of the molecule is Cn1nccc1C(=O)N1Cc2cccn2[C@H](COCc2ccccn2)C1. The summed E-state index contributed by atoms with van der Waals surface area (Å²) in [6.45, 7) is 2.18. The van der Waals surface area contributed by atoms with E-state index in [0.717, 1.165) is 11.4 Å². The van der Waals surface area contributed by atoms with Crippen LogP contribution < -0.4 is 0 Å². The van der Waals surface area contributed by atoms with Gasteiger partial charge in [0.25, 0.3) is 5.91 Å². The Balaban J connectivity index is 1.46.